The van der Waals surface area contributed by atoms with E-state index in [-0.39, 0.29) is 0 Å². The molecule has 2 aromatic heterocycles. The van der Waals surface area contributed by atoms with Gasteiger partial charge in [0, 0.05) is 36.8 Å². The molecule has 0 bridgehead atoms. The fourth-order valence-electron chi connectivity index (χ4n) is 4.27. The summed E-state index contributed by atoms with van der Waals surface area (Å²) in [6, 6.07) is 2.27. The molecule has 0 amide bonds. The van der Waals surface area contributed by atoms with Crippen molar-refractivity contribution >= 4 is 11.6 Å². The number of hydrogen-bond acceptors (Lipinski definition) is 6. The van der Waals surface area contributed by atoms with Crippen molar-refractivity contribution in [1.82, 2.24) is 20.2 Å². The standard InChI is InChI=1S/C19H24N6/c1-2-6-16-14(4-1)8-18(24-23-16)25-10-13(11-25)9-20-19-15-5-3-7-17(15)21-12-22-19/h8,12-13H,1-7,9-11H2,(H,20,21,22). The third kappa shape index (κ3) is 2.83. The second kappa shape index (κ2) is 6.24. The van der Waals surface area contributed by atoms with Gasteiger partial charge in [0.25, 0.3) is 0 Å². The number of nitrogens with one attached hydrogen (secondary N) is 1. The Labute approximate surface area is 148 Å². The van der Waals surface area contributed by atoms with Gasteiger partial charge in [-0.1, -0.05) is 0 Å². The number of nitrogens with zero attached hydrogens (tertiary/aromatic N) is 5. The van der Waals surface area contributed by atoms with Gasteiger partial charge >= 0.3 is 0 Å². The Balaban J connectivity index is 1.18. The topological polar surface area (TPSA) is 66.8 Å². The zero-order valence-electron chi connectivity index (χ0n) is 14.5. The van der Waals surface area contributed by atoms with E-state index in [1.54, 1.807) is 6.33 Å². The monoisotopic (exact) mass is 336 g/mol. The number of rotatable bonds is 4. The van der Waals surface area contributed by atoms with Crippen molar-refractivity contribution in [3.05, 3.63) is 34.9 Å². The number of aromatic nitrogens is 4. The number of hydrogen-bond donors (Lipinski definition) is 1. The molecule has 1 aliphatic heterocycles. The fraction of sp³-hybridized carbons (Fsp3) is 0.579. The molecule has 0 atom stereocenters. The summed E-state index contributed by atoms with van der Waals surface area (Å²) in [6.07, 6.45) is 9.91. The maximum Gasteiger partial charge on any atom is 0.151 e. The second-order valence-electron chi connectivity index (χ2n) is 7.53. The first-order chi connectivity index (χ1) is 12.4. The van der Waals surface area contributed by atoms with E-state index in [2.05, 4.69) is 36.4 Å². The minimum absolute atomic E-state index is 0.643. The predicted octanol–water partition coefficient (Wildman–Crippen LogP) is 2.18. The quantitative estimate of drug-likeness (QED) is 0.923. The van der Waals surface area contributed by atoms with E-state index in [0.29, 0.717) is 5.92 Å². The molecule has 5 rings (SSSR count). The average molecular weight is 336 g/mol. The van der Waals surface area contributed by atoms with Gasteiger partial charge in [-0.25, -0.2) is 9.97 Å². The minimum atomic E-state index is 0.643. The molecule has 1 saturated heterocycles. The van der Waals surface area contributed by atoms with Gasteiger partial charge < -0.3 is 10.2 Å². The van der Waals surface area contributed by atoms with Gasteiger partial charge in [0.2, 0.25) is 0 Å². The molecule has 2 aromatic rings. The van der Waals surface area contributed by atoms with Crippen LogP contribution in [-0.2, 0) is 25.7 Å². The van der Waals surface area contributed by atoms with Gasteiger partial charge in [0.15, 0.2) is 5.82 Å². The molecule has 2 aliphatic carbocycles. The molecule has 0 aromatic carbocycles. The Morgan fingerprint density at radius 2 is 1.84 bits per heavy atom. The van der Waals surface area contributed by atoms with Gasteiger partial charge in [-0.15, -0.1) is 5.10 Å². The first kappa shape index (κ1) is 15.0. The number of aryl methyl sites for hydroxylation is 3. The summed E-state index contributed by atoms with van der Waals surface area (Å²) in [6.45, 7) is 3.07. The van der Waals surface area contributed by atoms with Crippen LogP contribution in [0.25, 0.3) is 0 Å². The average Bonchev–Trinajstić information content (AvgIpc) is 3.10. The van der Waals surface area contributed by atoms with E-state index in [1.807, 2.05) is 0 Å². The van der Waals surface area contributed by atoms with Crippen LogP contribution in [-0.4, -0.2) is 39.8 Å². The van der Waals surface area contributed by atoms with Crippen molar-refractivity contribution in [3.8, 4) is 0 Å². The second-order valence-corrected chi connectivity index (χ2v) is 7.53. The van der Waals surface area contributed by atoms with E-state index in [1.165, 1.54) is 41.8 Å². The predicted molar refractivity (Wildman–Crippen MR) is 96.9 cm³/mol. The van der Waals surface area contributed by atoms with Crippen LogP contribution in [0, 0.1) is 5.92 Å². The van der Waals surface area contributed by atoms with E-state index in [4.69, 9.17) is 0 Å². The summed E-state index contributed by atoms with van der Waals surface area (Å²) in [7, 11) is 0. The highest BCUT2D eigenvalue weighted by Gasteiger charge is 2.29. The maximum absolute atomic E-state index is 4.46. The molecule has 130 valence electrons. The summed E-state index contributed by atoms with van der Waals surface area (Å²) >= 11 is 0. The van der Waals surface area contributed by atoms with Gasteiger partial charge in [0.05, 0.1) is 5.69 Å². The number of anilines is 2. The van der Waals surface area contributed by atoms with E-state index in [0.717, 1.165) is 57.0 Å². The third-order valence-corrected chi connectivity index (χ3v) is 5.77. The van der Waals surface area contributed by atoms with Gasteiger partial charge in [-0.3, -0.25) is 0 Å². The smallest absolute Gasteiger partial charge is 0.151 e. The Bertz CT molecular complexity index is 783. The Hall–Kier alpha value is -2.24. The Kier molecular flexibility index (Phi) is 3.76. The molecular weight excluding hydrogens is 312 g/mol. The van der Waals surface area contributed by atoms with Crippen molar-refractivity contribution in [2.24, 2.45) is 5.92 Å². The van der Waals surface area contributed by atoms with E-state index >= 15 is 0 Å². The molecule has 1 N–H and O–H groups in total. The highest BCUT2D eigenvalue weighted by atomic mass is 15.3. The zero-order valence-corrected chi connectivity index (χ0v) is 14.5. The zero-order chi connectivity index (χ0) is 16.6. The molecular formula is C19H24N6. The van der Waals surface area contributed by atoms with Crippen LogP contribution in [0.1, 0.15) is 41.8 Å². The highest BCUT2D eigenvalue weighted by Crippen LogP contribution is 2.28. The molecule has 3 aliphatic rings. The lowest BCUT2D eigenvalue weighted by Gasteiger charge is -2.40. The Morgan fingerprint density at radius 3 is 2.80 bits per heavy atom. The molecule has 25 heavy (non-hydrogen) atoms. The summed E-state index contributed by atoms with van der Waals surface area (Å²) in [5.74, 6) is 2.75. The van der Waals surface area contributed by atoms with Gasteiger partial charge in [-0.05, 0) is 56.6 Å². The fourth-order valence-corrected chi connectivity index (χ4v) is 4.27. The maximum atomic E-state index is 4.46. The molecule has 6 heteroatoms. The SMILES string of the molecule is c1nc2c(c(NCC3CN(c4cc5c(nn4)CCCC5)C3)n1)CCC2. The lowest BCUT2D eigenvalue weighted by molar-refractivity contribution is 0.424. The lowest BCUT2D eigenvalue weighted by Crippen LogP contribution is -2.50. The van der Waals surface area contributed by atoms with Crippen LogP contribution in [0.15, 0.2) is 12.4 Å². The first-order valence-corrected chi connectivity index (χ1v) is 9.54. The van der Waals surface area contributed by atoms with E-state index in [9.17, 15) is 0 Å². The summed E-state index contributed by atoms with van der Waals surface area (Å²) in [5, 5.41) is 12.5. The minimum Gasteiger partial charge on any atom is -0.369 e. The molecule has 0 radical (unpaired) electrons. The van der Waals surface area contributed by atoms with Crippen LogP contribution >= 0.6 is 0 Å². The van der Waals surface area contributed by atoms with Crippen LogP contribution in [0.4, 0.5) is 11.6 Å². The van der Waals surface area contributed by atoms with Crippen LogP contribution < -0.4 is 10.2 Å². The molecule has 0 spiro atoms. The molecule has 0 saturated carbocycles. The first-order valence-electron chi connectivity index (χ1n) is 9.54. The normalized spacial score (nSPS) is 19.3. The lowest BCUT2D eigenvalue weighted by atomic mass is 9.95. The van der Waals surface area contributed by atoms with Crippen molar-refractivity contribution in [2.45, 2.75) is 44.9 Å². The van der Waals surface area contributed by atoms with Gasteiger partial charge in [0.1, 0.15) is 12.1 Å². The largest absolute Gasteiger partial charge is 0.369 e. The number of fused-ring (bicyclic) bond motifs is 2. The summed E-state index contributed by atoms with van der Waals surface area (Å²) in [4.78, 5) is 11.2. The van der Waals surface area contributed by atoms with Crippen molar-refractivity contribution in [3.63, 3.8) is 0 Å². The summed E-state index contributed by atoms with van der Waals surface area (Å²) < 4.78 is 0. The third-order valence-electron chi connectivity index (χ3n) is 5.77. The van der Waals surface area contributed by atoms with Crippen molar-refractivity contribution in [1.29, 1.82) is 0 Å². The highest BCUT2D eigenvalue weighted by molar-refractivity contribution is 5.49. The van der Waals surface area contributed by atoms with Crippen LogP contribution in [0.5, 0.6) is 0 Å². The molecule has 3 heterocycles. The summed E-state index contributed by atoms with van der Waals surface area (Å²) in [5.41, 5.74) is 5.19. The molecule has 1 fully saturated rings. The van der Waals surface area contributed by atoms with Crippen molar-refractivity contribution < 1.29 is 0 Å². The van der Waals surface area contributed by atoms with Crippen LogP contribution in [0.2, 0.25) is 0 Å². The van der Waals surface area contributed by atoms with Crippen LogP contribution in [0.3, 0.4) is 0 Å². The van der Waals surface area contributed by atoms with E-state index < -0.39 is 0 Å². The van der Waals surface area contributed by atoms with Crippen molar-refractivity contribution in [2.75, 3.05) is 29.9 Å². The Morgan fingerprint density at radius 1 is 0.960 bits per heavy atom. The molecule has 0 unspecified atom stereocenters. The van der Waals surface area contributed by atoms with Gasteiger partial charge in [-0.2, -0.15) is 5.10 Å². The molecule has 6 nitrogen and oxygen atoms in total.